The van der Waals surface area contributed by atoms with Crippen molar-refractivity contribution in [1.29, 1.82) is 0 Å². The van der Waals surface area contributed by atoms with Crippen LogP contribution in [0.1, 0.15) is 11.3 Å². The number of nitrogens with zero attached hydrogens (tertiary/aromatic N) is 7. The number of azo groups is 1. The van der Waals surface area contributed by atoms with Crippen LogP contribution >= 0.6 is 0 Å². The lowest BCUT2D eigenvalue weighted by Crippen LogP contribution is -2.41. The Morgan fingerprint density at radius 3 is 2.03 bits per heavy atom. The van der Waals surface area contributed by atoms with Gasteiger partial charge in [-0.15, -0.1) is 0 Å². The summed E-state index contributed by atoms with van der Waals surface area (Å²) >= 11 is 0. The quantitative estimate of drug-likeness (QED) is 0.235. The van der Waals surface area contributed by atoms with E-state index >= 15 is 0 Å². The van der Waals surface area contributed by atoms with Gasteiger partial charge in [-0.05, 0) is 68.6 Å². The highest BCUT2D eigenvalue weighted by atomic mass is 32.2. The summed E-state index contributed by atoms with van der Waals surface area (Å²) in [5.74, 6) is 0. The van der Waals surface area contributed by atoms with E-state index in [-0.39, 0.29) is 4.90 Å². The second-order valence-corrected chi connectivity index (χ2v) is 11.7. The molecule has 0 N–H and O–H groups in total. The van der Waals surface area contributed by atoms with Crippen LogP contribution in [-0.4, -0.2) is 75.8 Å². The average Bonchev–Trinajstić information content (AvgIpc) is 3.23. The molecule has 0 spiro atoms. The Balaban J connectivity index is 1.42. The standard InChI is InChI=1S/C29H33N7O2S/c1-22-28(21-30-35-19-17-34(4)18-20-35)27-7-5-6-8-29(27)36(22)39(37,38)26-15-11-24(12-16-26)32-31-23-9-13-25(14-10-23)33(2)3/h5-16,21H,17-20H2,1-4H3/b30-21+,32-31?. The summed E-state index contributed by atoms with van der Waals surface area (Å²) in [4.78, 5) is 4.47. The molecule has 4 aromatic rings. The van der Waals surface area contributed by atoms with Crippen LogP contribution in [-0.2, 0) is 10.0 Å². The van der Waals surface area contributed by atoms with Crippen LogP contribution in [0.4, 0.5) is 17.1 Å². The van der Waals surface area contributed by atoms with Crippen LogP contribution in [0, 0.1) is 6.92 Å². The average molecular weight is 544 g/mol. The molecule has 1 fully saturated rings. The van der Waals surface area contributed by atoms with E-state index in [0.29, 0.717) is 16.9 Å². The van der Waals surface area contributed by atoms with E-state index in [9.17, 15) is 8.42 Å². The van der Waals surface area contributed by atoms with Crippen molar-refractivity contribution in [1.82, 2.24) is 13.9 Å². The smallest absolute Gasteiger partial charge is 0.268 e. The van der Waals surface area contributed by atoms with Crippen LogP contribution in [0.2, 0.25) is 0 Å². The number of likely N-dealkylation sites (N-methyl/N-ethyl adjacent to an activating group) is 1. The largest absolute Gasteiger partial charge is 0.378 e. The molecule has 3 aromatic carbocycles. The second-order valence-electron chi connectivity index (χ2n) is 9.89. The van der Waals surface area contributed by atoms with E-state index in [2.05, 4.69) is 27.3 Å². The molecule has 0 bridgehead atoms. The van der Waals surface area contributed by atoms with Crippen molar-refractivity contribution >= 4 is 44.2 Å². The van der Waals surface area contributed by atoms with Gasteiger partial charge in [-0.2, -0.15) is 15.3 Å². The van der Waals surface area contributed by atoms with Gasteiger partial charge in [0.15, 0.2) is 0 Å². The van der Waals surface area contributed by atoms with Crippen LogP contribution in [0.25, 0.3) is 10.9 Å². The van der Waals surface area contributed by atoms with Gasteiger partial charge in [-0.25, -0.2) is 12.4 Å². The summed E-state index contributed by atoms with van der Waals surface area (Å²) in [6, 6.07) is 21.7. The van der Waals surface area contributed by atoms with Gasteiger partial charge >= 0.3 is 0 Å². The van der Waals surface area contributed by atoms with Crippen LogP contribution < -0.4 is 4.90 Å². The molecule has 5 rings (SSSR count). The van der Waals surface area contributed by atoms with Gasteiger partial charge in [0.05, 0.1) is 28.0 Å². The first kappa shape index (κ1) is 26.6. The zero-order valence-electron chi connectivity index (χ0n) is 22.7. The molecule has 0 aliphatic carbocycles. The molecule has 1 aromatic heterocycles. The molecule has 202 valence electrons. The first-order valence-corrected chi connectivity index (χ1v) is 14.3. The van der Waals surface area contributed by atoms with Gasteiger partial charge in [0.2, 0.25) is 0 Å². The molecule has 1 aliphatic heterocycles. The van der Waals surface area contributed by atoms with Crippen molar-refractivity contribution in [3.05, 3.63) is 84.1 Å². The number of hydrogen-bond acceptors (Lipinski definition) is 8. The van der Waals surface area contributed by atoms with E-state index in [0.717, 1.165) is 48.5 Å². The molecule has 0 unspecified atom stereocenters. The summed E-state index contributed by atoms with van der Waals surface area (Å²) in [6.07, 6.45) is 1.80. The maximum atomic E-state index is 13.8. The van der Waals surface area contributed by atoms with Crippen molar-refractivity contribution in [3.63, 3.8) is 0 Å². The second kappa shape index (κ2) is 11.0. The van der Waals surface area contributed by atoms with Gasteiger partial charge in [0, 0.05) is 62.6 Å². The number of anilines is 1. The highest BCUT2D eigenvalue weighted by Crippen LogP contribution is 2.30. The molecule has 39 heavy (non-hydrogen) atoms. The number of benzene rings is 3. The van der Waals surface area contributed by atoms with Gasteiger partial charge < -0.3 is 9.80 Å². The van der Waals surface area contributed by atoms with Gasteiger partial charge in [0.25, 0.3) is 10.0 Å². The van der Waals surface area contributed by atoms with E-state index in [1.807, 2.05) is 79.5 Å². The molecular weight excluding hydrogens is 510 g/mol. The fourth-order valence-electron chi connectivity index (χ4n) is 4.61. The molecule has 9 nitrogen and oxygen atoms in total. The highest BCUT2D eigenvalue weighted by molar-refractivity contribution is 7.90. The van der Waals surface area contributed by atoms with Gasteiger partial charge in [-0.1, -0.05) is 18.2 Å². The monoisotopic (exact) mass is 543 g/mol. The van der Waals surface area contributed by atoms with Crippen molar-refractivity contribution < 1.29 is 8.42 Å². The molecule has 0 atom stereocenters. The molecule has 0 saturated carbocycles. The predicted octanol–water partition coefficient (Wildman–Crippen LogP) is 5.25. The Kier molecular flexibility index (Phi) is 7.49. The summed E-state index contributed by atoms with van der Waals surface area (Å²) in [6.45, 7) is 5.41. The Bertz CT molecular complexity index is 1610. The van der Waals surface area contributed by atoms with Crippen LogP contribution in [0.5, 0.6) is 0 Å². The zero-order valence-corrected chi connectivity index (χ0v) is 23.5. The van der Waals surface area contributed by atoms with Crippen molar-refractivity contribution in [3.8, 4) is 0 Å². The minimum atomic E-state index is -3.86. The molecule has 0 amide bonds. The Hall–Kier alpha value is -4.02. The molecule has 2 heterocycles. The Labute approximate surface area is 229 Å². The van der Waals surface area contributed by atoms with Crippen LogP contribution in [0.3, 0.4) is 0 Å². The van der Waals surface area contributed by atoms with E-state index in [1.54, 1.807) is 30.5 Å². The molecule has 1 saturated heterocycles. The van der Waals surface area contributed by atoms with E-state index in [4.69, 9.17) is 0 Å². The minimum Gasteiger partial charge on any atom is -0.378 e. The summed E-state index contributed by atoms with van der Waals surface area (Å²) in [5, 5.41) is 16.1. The first-order valence-electron chi connectivity index (χ1n) is 12.9. The van der Waals surface area contributed by atoms with E-state index < -0.39 is 10.0 Å². The fourth-order valence-corrected chi connectivity index (χ4v) is 6.18. The molecular formula is C29H33N7O2S. The number of hydrogen-bond donors (Lipinski definition) is 0. The fraction of sp³-hybridized carbons (Fsp3) is 0.276. The lowest BCUT2D eigenvalue weighted by molar-refractivity contribution is 0.159. The maximum Gasteiger partial charge on any atom is 0.268 e. The van der Waals surface area contributed by atoms with Gasteiger partial charge in [-0.3, -0.25) is 5.01 Å². The summed E-state index contributed by atoms with van der Waals surface area (Å²) in [7, 11) is 2.19. The third kappa shape index (κ3) is 5.57. The number of fused-ring (bicyclic) bond motifs is 1. The van der Waals surface area contributed by atoms with Crippen molar-refractivity contribution in [2.45, 2.75) is 11.8 Å². The Morgan fingerprint density at radius 2 is 1.41 bits per heavy atom. The third-order valence-electron chi connectivity index (χ3n) is 6.96. The first-order chi connectivity index (χ1) is 18.7. The Morgan fingerprint density at radius 1 is 0.821 bits per heavy atom. The normalized spacial score (nSPS) is 15.1. The molecule has 10 heteroatoms. The molecule has 1 aliphatic rings. The SMILES string of the molecule is Cc1c(/C=N/N2CCN(C)CC2)c2ccccc2n1S(=O)(=O)c1ccc(N=Nc2ccc(N(C)C)cc2)cc1. The zero-order chi connectivity index (χ0) is 27.6. The number of hydrazone groups is 1. The maximum absolute atomic E-state index is 13.8. The number of aromatic nitrogens is 1. The van der Waals surface area contributed by atoms with Crippen molar-refractivity contribution in [2.75, 3.05) is 52.2 Å². The summed E-state index contributed by atoms with van der Waals surface area (Å²) < 4.78 is 29.1. The topological polar surface area (TPSA) is 85.9 Å². The molecule has 0 radical (unpaired) electrons. The van der Waals surface area contributed by atoms with E-state index in [1.165, 1.54) is 3.97 Å². The number of rotatable bonds is 7. The minimum absolute atomic E-state index is 0.184. The van der Waals surface area contributed by atoms with Crippen molar-refractivity contribution in [2.24, 2.45) is 15.3 Å². The number of piperazine rings is 1. The van der Waals surface area contributed by atoms with Crippen LogP contribution in [0.15, 0.2) is 93.0 Å². The van der Waals surface area contributed by atoms with Gasteiger partial charge in [0.1, 0.15) is 0 Å². The lowest BCUT2D eigenvalue weighted by Gasteiger charge is -2.30. The lowest BCUT2D eigenvalue weighted by atomic mass is 10.1. The highest BCUT2D eigenvalue weighted by Gasteiger charge is 2.24. The predicted molar refractivity (Wildman–Crippen MR) is 157 cm³/mol. The third-order valence-corrected chi connectivity index (χ3v) is 8.78. The number of para-hydroxylation sites is 1. The summed E-state index contributed by atoms with van der Waals surface area (Å²) in [5.41, 5.74) is 4.42.